The number of rotatable bonds is 3. The Morgan fingerprint density at radius 3 is 2.76 bits per heavy atom. The highest BCUT2D eigenvalue weighted by Gasteiger charge is 2.38. The first-order chi connectivity index (χ1) is 12.1. The Balaban J connectivity index is 1.92. The van der Waals surface area contributed by atoms with Gasteiger partial charge in [-0.25, -0.2) is 0 Å². The van der Waals surface area contributed by atoms with Gasteiger partial charge in [0.15, 0.2) is 17.3 Å². The van der Waals surface area contributed by atoms with Crippen LogP contribution in [0, 0.1) is 6.92 Å². The highest BCUT2D eigenvalue weighted by Crippen LogP contribution is 2.47. The van der Waals surface area contributed by atoms with E-state index < -0.39 is 0 Å². The molecule has 0 bridgehead atoms. The number of anilines is 1. The summed E-state index contributed by atoms with van der Waals surface area (Å²) < 4.78 is 16.2. The molecule has 1 aliphatic carbocycles. The van der Waals surface area contributed by atoms with E-state index in [9.17, 15) is 4.79 Å². The van der Waals surface area contributed by atoms with E-state index in [1.165, 1.54) is 0 Å². The van der Waals surface area contributed by atoms with Gasteiger partial charge in [-0.3, -0.25) is 4.79 Å². The Bertz CT molecular complexity index is 882. The van der Waals surface area contributed by atoms with Crippen molar-refractivity contribution in [3.63, 3.8) is 0 Å². The smallest absolute Gasteiger partial charge is 0.233 e. The Morgan fingerprint density at radius 1 is 1.20 bits per heavy atom. The molecule has 25 heavy (non-hydrogen) atoms. The first kappa shape index (κ1) is 15.7. The predicted octanol–water partition coefficient (Wildman–Crippen LogP) is 3.56. The number of methoxy groups -OCH3 is 2. The van der Waals surface area contributed by atoms with Crippen molar-refractivity contribution in [2.75, 3.05) is 19.5 Å². The zero-order valence-electron chi connectivity index (χ0n) is 14.5. The van der Waals surface area contributed by atoms with Gasteiger partial charge in [0.1, 0.15) is 0 Å². The summed E-state index contributed by atoms with van der Waals surface area (Å²) in [6.45, 7) is 1.90. The lowest BCUT2D eigenvalue weighted by atomic mass is 9.76. The lowest BCUT2D eigenvalue weighted by Gasteiger charge is -2.31. The van der Waals surface area contributed by atoms with Crippen molar-refractivity contribution in [1.29, 1.82) is 0 Å². The third-order valence-corrected chi connectivity index (χ3v) is 4.95. The van der Waals surface area contributed by atoms with Crippen LogP contribution < -0.4 is 14.8 Å². The van der Waals surface area contributed by atoms with Crippen molar-refractivity contribution in [2.24, 2.45) is 0 Å². The number of nitrogens with zero attached hydrogens (tertiary/aromatic N) is 1. The maximum absolute atomic E-state index is 12.7. The summed E-state index contributed by atoms with van der Waals surface area (Å²) in [4.78, 5) is 12.7. The molecule has 6 heteroatoms. The number of ether oxygens (including phenoxy) is 2. The third-order valence-electron chi connectivity index (χ3n) is 4.95. The van der Waals surface area contributed by atoms with Gasteiger partial charge in [0.2, 0.25) is 5.88 Å². The maximum atomic E-state index is 12.7. The monoisotopic (exact) mass is 340 g/mol. The molecule has 1 aromatic heterocycles. The molecule has 1 aliphatic heterocycles. The number of fused-ring (bicyclic) bond motifs is 1. The molecule has 0 saturated carbocycles. The molecule has 2 aromatic rings. The van der Waals surface area contributed by atoms with Gasteiger partial charge >= 0.3 is 0 Å². The average molecular weight is 340 g/mol. The summed E-state index contributed by atoms with van der Waals surface area (Å²) >= 11 is 0. The second-order valence-corrected chi connectivity index (χ2v) is 6.35. The van der Waals surface area contributed by atoms with Crippen LogP contribution >= 0.6 is 0 Å². The van der Waals surface area contributed by atoms with Crippen LogP contribution in [0.1, 0.15) is 42.0 Å². The second-order valence-electron chi connectivity index (χ2n) is 6.35. The van der Waals surface area contributed by atoms with E-state index in [0.29, 0.717) is 23.8 Å². The quantitative estimate of drug-likeness (QED) is 0.921. The zero-order chi connectivity index (χ0) is 17.6. The van der Waals surface area contributed by atoms with Gasteiger partial charge in [-0.05, 0) is 37.5 Å². The van der Waals surface area contributed by atoms with Gasteiger partial charge in [-0.1, -0.05) is 11.2 Å². The summed E-state index contributed by atoms with van der Waals surface area (Å²) in [7, 11) is 3.21. The molecule has 1 atom stereocenters. The van der Waals surface area contributed by atoms with Crippen LogP contribution in [0.25, 0.3) is 0 Å². The topological polar surface area (TPSA) is 73.6 Å². The summed E-state index contributed by atoms with van der Waals surface area (Å²) in [5.41, 5.74) is 4.43. The Morgan fingerprint density at radius 2 is 2.00 bits per heavy atom. The van der Waals surface area contributed by atoms with Crippen molar-refractivity contribution >= 4 is 11.7 Å². The highest BCUT2D eigenvalue weighted by atomic mass is 16.5. The number of aryl methyl sites for hydroxylation is 1. The molecular weight excluding hydrogens is 320 g/mol. The molecule has 2 heterocycles. The van der Waals surface area contributed by atoms with E-state index in [1.54, 1.807) is 14.2 Å². The van der Waals surface area contributed by atoms with Crippen LogP contribution in [0.15, 0.2) is 34.0 Å². The van der Waals surface area contributed by atoms with Crippen molar-refractivity contribution in [3.05, 3.63) is 46.3 Å². The number of ketones is 1. The number of hydrogen-bond donors (Lipinski definition) is 1. The third kappa shape index (κ3) is 2.40. The van der Waals surface area contributed by atoms with Gasteiger partial charge in [-0.2, -0.15) is 0 Å². The molecule has 1 aromatic carbocycles. The van der Waals surface area contributed by atoms with Gasteiger partial charge in [0, 0.05) is 23.6 Å². The Hall–Kier alpha value is -2.76. The number of carbonyl (C=O) groups is 1. The molecule has 0 saturated heterocycles. The van der Waals surface area contributed by atoms with Crippen molar-refractivity contribution < 1.29 is 18.8 Å². The van der Waals surface area contributed by atoms with E-state index in [1.807, 2.05) is 25.1 Å². The van der Waals surface area contributed by atoms with Crippen LogP contribution in [-0.4, -0.2) is 25.2 Å². The van der Waals surface area contributed by atoms with E-state index in [2.05, 4.69) is 10.5 Å². The van der Waals surface area contributed by atoms with E-state index >= 15 is 0 Å². The van der Waals surface area contributed by atoms with Gasteiger partial charge < -0.3 is 19.3 Å². The molecule has 0 spiro atoms. The lowest BCUT2D eigenvalue weighted by molar-refractivity contribution is -0.116. The number of allylic oxidation sites excluding steroid dienone is 2. The van der Waals surface area contributed by atoms with Gasteiger partial charge in [-0.15, -0.1) is 0 Å². The number of hydrogen-bond acceptors (Lipinski definition) is 6. The van der Waals surface area contributed by atoms with Gasteiger partial charge in [0.05, 0.1) is 25.5 Å². The molecule has 1 N–H and O–H groups in total. The number of Topliss-reactive ketones (excluding diaryl/α,β-unsaturated/α-hetero) is 1. The Kier molecular flexibility index (Phi) is 3.75. The Labute approximate surface area is 145 Å². The molecular formula is C19H20N2O4. The molecule has 2 aliphatic rings. The zero-order valence-corrected chi connectivity index (χ0v) is 14.5. The number of carbonyl (C=O) groups excluding carboxylic acids is 1. The molecule has 0 fully saturated rings. The van der Waals surface area contributed by atoms with Crippen molar-refractivity contribution in [1.82, 2.24) is 5.16 Å². The fourth-order valence-corrected chi connectivity index (χ4v) is 3.78. The molecule has 0 unspecified atom stereocenters. The van der Waals surface area contributed by atoms with E-state index in [-0.39, 0.29) is 11.7 Å². The van der Waals surface area contributed by atoms with Crippen molar-refractivity contribution in [2.45, 2.75) is 32.1 Å². The number of aromatic nitrogens is 1. The minimum atomic E-state index is -0.204. The maximum Gasteiger partial charge on any atom is 0.233 e. The van der Waals surface area contributed by atoms with Crippen LogP contribution in [-0.2, 0) is 4.79 Å². The fourth-order valence-electron chi connectivity index (χ4n) is 3.78. The minimum absolute atomic E-state index is 0.180. The van der Waals surface area contributed by atoms with Crippen molar-refractivity contribution in [3.8, 4) is 11.5 Å². The lowest BCUT2D eigenvalue weighted by Crippen LogP contribution is -2.26. The normalized spacial score (nSPS) is 19.2. The summed E-state index contributed by atoms with van der Waals surface area (Å²) in [6, 6.07) is 5.77. The molecule has 0 amide bonds. The van der Waals surface area contributed by atoms with E-state index in [0.717, 1.165) is 40.9 Å². The minimum Gasteiger partial charge on any atom is -0.493 e. The summed E-state index contributed by atoms with van der Waals surface area (Å²) in [5, 5.41) is 7.38. The van der Waals surface area contributed by atoms with Crippen LogP contribution in [0.4, 0.5) is 5.88 Å². The standard InChI is InChI=1S/C19H20N2O4/c1-10-16-17(11-7-8-14(23-2)15(9-11)24-3)18-12(5-4-6-13(18)22)20-19(16)25-21-10/h7-9,17,20H,4-6H2,1-3H3/t17-/m0/s1. The SMILES string of the molecule is COc1ccc([C@@H]2C3=C(CCCC3=O)Nc3onc(C)c32)cc1OC. The second kappa shape index (κ2) is 5.95. The average Bonchev–Trinajstić information content (AvgIpc) is 3.00. The van der Waals surface area contributed by atoms with Gasteiger partial charge in [0.25, 0.3) is 0 Å². The molecule has 0 radical (unpaired) electrons. The van der Waals surface area contributed by atoms with Crippen LogP contribution in [0.2, 0.25) is 0 Å². The van der Waals surface area contributed by atoms with Crippen LogP contribution in [0.3, 0.4) is 0 Å². The summed E-state index contributed by atoms with van der Waals surface area (Å²) in [6.07, 6.45) is 2.26. The van der Waals surface area contributed by atoms with Crippen LogP contribution in [0.5, 0.6) is 11.5 Å². The fraction of sp³-hybridized carbons (Fsp3) is 0.368. The molecule has 6 nitrogen and oxygen atoms in total. The summed E-state index contributed by atoms with van der Waals surface area (Å²) in [5.74, 6) is 1.90. The predicted molar refractivity (Wildman–Crippen MR) is 92.1 cm³/mol. The number of benzene rings is 1. The first-order valence-electron chi connectivity index (χ1n) is 8.35. The number of nitrogens with one attached hydrogen (secondary N) is 1. The first-order valence-corrected chi connectivity index (χ1v) is 8.35. The largest absolute Gasteiger partial charge is 0.493 e. The molecule has 4 rings (SSSR count). The van der Waals surface area contributed by atoms with E-state index in [4.69, 9.17) is 14.0 Å². The molecule has 130 valence electrons. The highest BCUT2D eigenvalue weighted by molar-refractivity contribution is 6.01.